The molecule has 0 saturated carbocycles. The second-order valence-electron chi connectivity index (χ2n) is 4.97. The van der Waals surface area contributed by atoms with Gasteiger partial charge in [0.2, 0.25) is 0 Å². The minimum atomic E-state index is -0.259. The zero-order valence-corrected chi connectivity index (χ0v) is 11.3. The standard InChI is InChI=1S/C14H20N2O3/c1-10-7-16(8-11(2)19-10)9-15-14(18)12-5-3-4-6-13(12)17/h3-6,10-11,17H,7-9H2,1-2H3,(H,15,18)/t10-,11-/m1/s1. The predicted molar refractivity (Wildman–Crippen MR) is 72.0 cm³/mol. The average molecular weight is 264 g/mol. The molecule has 1 aromatic carbocycles. The van der Waals surface area contributed by atoms with Gasteiger partial charge in [-0.15, -0.1) is 0 Å². The van der Waals surface area contributed by atoms with Gasteiger partial charge < -0.3 is 15.2 Å². The zero-order chi connectivity index (χ0) is 13.8. The van der Waals surface area contributed by atoms with E-state index in [0.29, 0.717) is 12.2 Å². The van der Waals surface area contributed by atoms with Crippen molar-refractivity contribution in [3.63, 3.8) is 0 Å². The number of nitrogens with one attached hydrogen (secondary N) is 1. The van der Waals surface area contributed by atoms with Crippen LogP contribution in [-0.2, 0) is 4.74 Å². The maximum atomic E-state index is 11.9. The van der Waals surface area contributed by atoms with E-state index in [1.807, 2.05) is 13.8 Å². The molecule has 0 aliphatic carbocycles. The lowest BCUT2D eigenvalue weighted by molar-refractivity contribution is -0.0692. The number of aromatic hydroxyl groups is 1. The number of hydrogen-bond donors (Lipinski definition) is 2. The number of morpholine rings is 1. The third-order valence-corrected chi connectivity index (χ3v) is 3.11. The molecule has 1 aromatic rings. The highest BCUT2D eigenvalue weighted by Gasteiger charge is 2.22. The molecule has 2 N–H and O–H groups in total. The normalized spacial score (nSPS) is 24.1. The summed E-state index contributed by atoms with van der Waals surface area (Å²) in [7, 11) is 0. The highest BCUT2D eigenvalue weighted by atomic mass is 16.5. The number of ether oxygens (including phenoxy) is 1. The van der Waals surface area contributed by atoms with Crippen LogP contribution in [0.2, 0.25) is 0 Å². The molecular formula is C14H20N2O3. The lowest BCUT2D eigenvalue weighted by Crippen LogP contribution is -2.49. The average Bonchev–Trinajstić information content (AvgIpc) is 2.35. The predicted octanol–water partition coefficient (Wildman–Crippen LogP) is 1.19. The maximum absolute atomic E-state index is 11.9. The van der Waals surface area contributed by atoms with Crippen molar-refractivity contribution in [2.24, 2.45) is 0 Å². The lowest BCUT2D eigenvalue weighted by atomic mass is 10.2. The quantitative estimate of drug-likeness (QED) is 0.861. The van der Waals surface area contributed by atoms with Gasteiger partial charge in [-0.25, -0.2) is 0 Å². The summed E-state index contributed by atoms with van der Waals surface area (Å²) in [6, 6.07) is 6.54. The van der Waals surface area contributed by atoms with E-state index >= 15 is 0 Å². The third-order valence-electron chi connectivity index (χ3n) is 3.11. The first-order valence-corrected chi connectivity index (χ1v) is 6.50. The van der Waals surface area contributed by atoms with Crippen LogP contribution in [0.4, 0.5) is 0 Å². The summed E-state index contributed by atoms with van der Waals surface area (Å²) in [5.74, 6) is -0.256. The van der Waals surface area contributed by atoms with Crippen molar-refractivity contribution in [1.82, 2.24) is 10.2 Å². The number of carbonyl (C=O) groups excluding carboxylic acids is 1. The summed E-state index contributed by atoms with van der Waals surface area (Å²) in [5.41, 5.74) is 0.303. The van der Waals surface area contributed by atoms with E-state index in [-0.39, 0.29) is 23.9 Å². The Balaban J connectivity index is 1.89. The molecule has 0 bridgehead atoms. The highest BCUT2D eigenvalue weighted by molar-refractivity contribution is 5.96. The number of rotatable bonds is 3. The fraction of sp³-hybridized carbons (Fsp3) is 0.500. The molecule has 1 aliphatic rings. The van der Waals surface area contributed by atoms with Crippen LogP contribution in [0.15, 0.2) is 24.3 Å². The smallest absolute Gasteiger partial charge is 0.256 e. The molecule has 1 aliphatic heterocycles. The van der Waals surface area contributed by atoms with Gasteiger partial charge in [0.25, 0.3) is 5.91 Å². The number of phenolic OH excluding ortho intramolecular Hbond substituents is 1. The lowest BCUT2D eigenvalue weighted by Gasteiger charge is -2.35. The van der Waals surface area contributed by atoms with E-state index in [0.717, 1.165) is 13.1 Å². The van der Waals surface area contributed by atoms with Crippen LogP contribution in [0.1, 0.15) is 24.2 Å². The summed E-state index contributed by atoms with van der Waals surface area (Å²) in [6.45, 7) is 6.10. The second kappa shape index (κ2) is 6.04. The minimum absolute atomic E-state index is 0.00344. The molecule has 2 rings (SSSR count). The summed E-state index contributed by atoms with van der Waals surface area (Å²) in [4.78, 5) is 14.1. The van der Waals surface area contributed by atoms with Gasteiger partial charge >= 0.3 is 0 Å². The number of phenols is 1. The van der Waals surface area contributed by atoms with Crippen molar-refractivity contribution < 1.29 is 14.6 Å². The van der Waals surface area contributed by atoms with Gasteiger partial charge in [0.15, 0.2) is 0 Å². The Kier molecular flexibility index (Phi) is 4.39. The number of hydrogen-bond acceptors (Lipinski definition) is 4. The molecule has 19 heavy (non-hydrogen) atoms. The maximum Gasteiger partial charge on any atom is 0.256 e. The van der Waals surface area contributed by atoms with Gasteiger partial charge in [-0.3, -0.25) is 9.69 Å². The van der Waals surface area contributed by atoms with Crippen molar-refractivity contribution >= 4 is 5.91 Å². The largest absolute Gasteiger partial charge is 0.507 e. The van der Waals surface area contributed by atoms with Gasteiger partial charge in [0.1, 0.15) is 5.75 Å². The Morgan fingerprint density at radius 1 is 1.37 bits per heavy atom. The summed E-state index contributed by atoms with van der Waals surface area (Å²) in [6.07, 6.45) is 0.344. The first-order valence-electron chi connectivity index (χ1n) is 6.50. The first-order chi connectivity index (χ1) is 9.06. The fourth-order valence-electron chi connectivity index (χ4n) is 2.36. The third kappa shape index (κ3) is 3.68. The van der Waals surface area contributed by atoms with E-state index in [2.05, 4.69) is 10.2 Å². The minimum Gasteiger partial charge on any atom is -0.507 e. The Bertz CT molecular complexity index is 440. The molecule has 1 amide bonds. The van der Waals surface area contributed by atoms with Crippen LogP contribution >= 0.6 is 0 Å². The fourth-order valence-corrected chi connectivity index (χ4v) is 2.36. The second-order valence-corrected chi connectivity index (χ2v) is 4.97. The van der Waals surface area contributed by atoms with Crippen molar-refractivity contribution in [2.45, 2.75) is 26.1 Å². The molecule has 2 atom stereocenters. The van der Waals surface area contributed by atoms with Gasteiger partial charge in [-0.1, -0.05) is 12.1 Å². The van der Waals surface area contributed by atoms with Crippen LogP contribution < -0.4 is 5.32 Å². The Hall–Kier alpha value is -1.59. The van der Waals surface area contributed by atoms with E-state index in [9.17, 15) is 9.90 Å². The van der Waals surface area contributed by atoms with E-state index in [1.54, 1.807) is 18.2 Å². The molecular weight excluding hydrogens is 244 g/mol. The molecule has 0 spiro atoms. The molecule has 0 unspecified atom stereocenters. The molecule has 1 saturated heterocycles. The van der Waals surface area contributed by atoms with Crippen LogP contribution in [0.25, 0.3) is 0 Å². The Morgan fingerprint density at radius 3 is 2.63 bits per heavy atom. The van der Waals surface area contributed by atoms with Gasteiger partial charge in [0, 0.05) is 13.1 Å². The van der Waals surface area contributed by atoms with Crippen LogP contribution in [0.3, 0.4) is 0 Å². The Morgan fingerprint density at radius 2 is 2.00 bits per heavy atom. The molecule has 5 heteroatoms. The van der Waals surface area contributed by atoms with Gasteiger partial charge in [-0.05, 0) is 26.0 Å². The molecule has 104 valence electrons. The van der Waals surface area contributed by atoms with Gasteiger partial charge in [0.05, 0.1) is 24.4 Å². The first kappa shape index (κ1) is 13.8. The van der Waals surface area contributed by atoms with Crippen LogP contribution in [0, 0.1) is 0 Å². The number of nitrogens with zero attached hydrogens (tertiary/aromatic N) is 1. The van der Waals surface area contributed by atoms with E-state index in [4.69, 9.17) is 4.74 Å². The summed E-state index contributed by atoms with van der Waals surface area (Å²) in [5, 5.41) is 12.4. The highest BCUT2D eigenvalue weighted by Crippen LogP contribution is 2.15. The van der Waals surface area contributed by atoms with Crippen molar-refractivity contribution in [3.05, 3.63) is 29.8 Å². The van der Waals surface area contributed by atoms with E-state index < -0.39 is 0 Å². The topological polar surface area (TPSA) is 61.8 Å². The Labute approximate surface area is 113 Å². The van der Waals surface area contributed by atoms with Crippen LogP contribution in [0.5, 0.6) is 5.75 Å². The number of carbonyl (C=O) groups is 1. The number of para-hydroxylation sites is 1. The molecule has 1 fully saturated rings. The number of amides is 1. The van der Waals surface area contributed by atoms with E-state index in [1.165, 1.54) is 6.07 Å². The molecule has 1 heterocycles. The van der Waals surface area contributed by atoms with Gasteiger partial charge in [-0.2, -0.15) is 0 Å². The van der Waals surface area contributed by atoms with Crippen molar-refractivity contribution in [1.29, 1.82) is 0 Å². The molecule has 5 nitrogen and oxygen atoms in total. The SMILES string of the molecule is C[C@@H]1CN(CNC(=O)c2ccccc2O)C[C@@H](C)O1. The zero-order valence-electron chi connectivity index (χ0n) is 11.3. The molecule has 0 aromatic heterocycles. The summed E-state index contributed by atoms with van der Waals surface area (Å²) >= 11 is 0. The monoisotopic (exact) mass is 264 g/mol. The molecule has 0 radical (unpaired) electrons. The van der Waals surface area contributed by atoms with Crippen molar-refractivity contribution in [2.75, 3.05) is 19.8 Å². The summed E-state index contributed by atoms with van der Waals surface area (Å²) < 4.78 is 5.63. The number of benzene rings is 1. The van der Waals surface area contributed by atoms with Crippen molar-refractivity contribution in [3.8, 4) is 5.75 Å². The van der Waals surface area contributed by atoms with Crippen LogP contribution in [-0.4, -0.2) is 47.9 Å².